The minimum atomic E-state index is -0.531. The third-order valence-electron chi connectivity index (χ3n) is 4.51. The number of carbonyl (C=O) groups is 1. The number of aromatic nitrogens is 2. The molecule has 0 spiro atoms. The second-order valence-corrected chi connectivity index (χ2v) is 5.98. The lowest BCUT2D eigenvalue weighted by Crippen LogP contribution is -2.52. The van der Waals surface area contributed by atoms with Crippen LogP contribution in [0.15, 0.2) is 0 Å². The molecule has 2 aliphatic rings. The van der Waals surface area contributed by atoms with E-state index in [1.165, 1.54) is 0 Å². The molecule has 1 saturated heterocycles. The van der Waals surface area contributed by atoms with Crippen LogP contribution in [0.2, 0.25) is 5.28 Å². The fraction of sp³-hybridized carbons (Fsp3) is 0.643. The van der Waals surface area contributed by atoms with Gasteiger partial charge < -0.3 is 9.64 Å². The van der Waals surface area contributed by atoms with Gasteiger partial charge in [0, 0.05) is 32.1 Å². The molecule has 108 valence electrons. The average Bonchev–Trinajstić information content (AvgIpc) is 2.78. The Morgan fingerprint density at radius 1 is 1.50 bits per heavy atom. The summed E-state index contributed by atoms with van der Waals surface area (Å²) in [6.45, 7) is 4.65. The number of hydrogen-bond acceptors (Lipinski definition) is 5. The summed E-state index contributed by atoms with van der Waals surface area (Å²) in [5.41, 5.74) is 1.27. The number of halogens is 1. The van der Waals surface area contributed by atoms with Gasteiger partial charge >= 0.3 is 0 Å². The molecule has 5 nitrogen and oxygen atoms in total. The maximum atomic E-state index is 12.6. The monoisotopic (exact) mass is 295 g/mol. The van der Waals surface area contributed by atoms with Gasteiger partial charge in [-0.05, 0) is 24.9 Å². The van der Waals surface area contributed by atoms with Gasteiger partial charge in [0.1, 0.15) is 11.4 Å². The number of anilines is 1. The molecule has 1 aromatic rings. The van der Waals surface area contributed by atoms with Crippen LogP contribution in [0.5, 0.6) is 0 Å². The Morgan fingerprint density at radius 2 is 2.25 bits per heavy atom. The van der Waals surface area contributed by atoms with Crippen LogP contribution in [-0.4, -0.2) is 41.0 Å². The summed E-state index contributed by atoms with van der Waals surface area (Å²) in [5, 5.41) is 0.248. The Bertz CT molecular complexity index is 578. The van der Waals surface area contributed by atoms with Crippen LogP contribution in [0.25, 0.3) is 0 Å². The van der Waals surface area contributed by atoms with Crippen LogP contribution in [0, 0.1) is 0 Å². The highest BCUT2D eigenvalue weighted by Crippen LogP contribution is 2.42. The molecule has 1 fully saturated rings. The van der Waals surface area contributed by atoms with Gasteiger partial charge in [0.25, 0.3) is 0 Å². The molecule has 0 unspecified atom stereocenters. The molecule has 0 N–H and O–H groups in total. The van der Waals surface area contributed by atoms with Crippen LogP contribution >= 0.6 is 11.6 Å². The fourth-order valence-electron chi connectivity index (χ4n) is 3.30. The van der Waals surface area contributed by atoms with E-state index in [0.29, 0.717) is 19.4 Å². The van der Waals surface area contributed by atoms with E-state index in [1.807, 2.05) is 13.8 Å². The number of aryl methyl sites for hydroxylation is 1. The first kappa shape index (κ1) is 13.8. The molecule has 0 bridgehead atoms. The second kappa shape index (κ2) is 4.67. The topological polar surface area (TPSA) is 55.3 Å². The molecule has 0 aliphatic carbocycles. The smallest absolute Gasteiger partial charge is 0.224 e. The van der Waals surface area contributed by atoms with Crippen LogP contribution in [0.1, 0.15) is 31.5 Å². The Morgan fingerprint density at radius 3 is 2.90 bits per heavy atom. The molecule has 3 heterocycles. The Hall–Kier alpha value is -1.20. The van der Waals surface area contributed by atoms with E-state index in [1.54, 1.807) is 7.11 Å². The van der Waals surface area contributed by atoms with Crippen LogP contribution < -0.4 is 4.90 Å². The van der Waals surface area contributed by atoms with Crippen molar-refractivity contribution in [3.63, 3.8) is 0 Å². The number of ketones is 1. The summed E-state index contributed by atoms with van der Waals surface area (Å²) in [6, 6.07) is 0. The highest BCUT2D eigenvalue weighted by molar-refractivity contribution is 6.28. The molecule has 1 aromatic heterocycles. The molecule has 3 rings (SSSR count). The van der Waals surface area contributed by atoms with Gasteiger partial charge in [-0.25, -0.2) is 9.97 Å². The molecule has 6 heteroatoms. The van der Waals surface area contributed by atoms with E-state index in [-0.39, 0.29) is 17.2 Å². The van der Waals surface area contributed by atoms with Crippen molar-refractivity contribution in [2.75, 3.05) is 18.6 Å². The SMILES string of the molecule is CCc1nc(Cl)nc2c1CC(=O)[C@]1(C)C[C@@H](OC)CN21. The fourth-order valence-corrected chi connectivity index (χ4v) is 3.48. The molecule has 0 amide bonds. The van der Waals surface area contributed by atoms with Crippen molar-refractivity contribution in [2.45, 2.75) is 44.8 Å². The van der Waals surface area contributed by atoms with Crippen LogP contribution in [-0.2, 0) is 22.4 Å². The summed E-state index contributed by atoms with van der Waals surface area (Å²) < 4.78 is 5.45. The standard InChI is InChI=1S/C14H18ClN3O2/c1-4-10-9-5-11(19)14(2)6-8(20-3)7-18(14)12(9)17-13(15)16-10/h8H,4-7H2,1-3H3/t8-,14+/m1/s1. The third kappa shape index (κ3) is 1.84. The van der Waals surface area contributed by atoms with Gasteiger partial charge in [-0.1, -0.05) is 6.92 Å². The third-order valence-corrected chi connectivity index (χ3v) is 4.68. The lowest BCUT2D eigenvalue weighted by Gasteiger charge is -2.39. The minimum Gasteiger partial charge on any atom is -0.380 e. The van der Waals surface area contributed by atoms with E-state index in [9.17, 15) is 4.79 Å². The number of ether oxygens (including phenoxy) is 1. The first-order valence-corrected chi connectivity index (χ1v) is 7.26. The Balaban J connectivity index is 2.15. The quantitative estimate of drug-likeness (QED) is 0.779. The van der Waals surface area contributed by atoms with Crippen molar-refractivity contribution in [3.8, 4) is 0 Å². The predicted octanol–water partition coefficient (Wildman–Crippen LogP) is 1.80. The Kier molecular flexibility index (Phi) is 3.21. The van der Waals surface area contributed by atoms with E-state index in [4.69, 9.17) is 16.3 Å². The molecule has 2 aliphatic heterocycles. The van der Waals surface area contributed by atoms with Gasteiger partial charge in [-0.3, -0.25) is 4.79 Å². The van der Waals surface area contributed by atoms with Crippen molar-refractivity contribution in [1.82, 2.24) is 9.97 Å². The molecule has 0 radical (unpaired) electrons. The average molecular weight is 296 g/mol. The molecular weight excluding hydrogens is 278 g/mol. The van der Waals surface area contributed by atoms with Crippen molar-refractivity contribution >= 4 is 23.2 Å². The summed E-state index contributed by atoms with van der Waals surface area (Å²) in [6.07, 6.45) is 1.88. The lowest BCUT2D eigenvalue weighted by atomic mass is 9.84. The molecule has 0 saturated carbocycles. The lowest BCUT2D eigenvalue weighted by molar-refractivity contribution is -0.123. The van der Waals surface area contributed by atoms with Crippen LogP contribution in [0.4, 0.5) is 5.82 Å². The van der Waals surface area contributed by atoms with Crippen molar-refractivity contribution < 1.29 is 9.53 Å². The summed E-state index contributed by atoms with van der Waals surface area (Å²) >= 11 is 6.04. The maximum absolute atomic E-state index is 12.6. The van der Waals surface area contributed by atoms with E-state index in [2.05, 4.69) is 14.9 Å². The summed E-state index contributed by atoms with van der Waals surface area (Å²) in [4.78, 5) is 23.3. The molecular formula is C14H18ClN3O2. The number of rotatable bonds is 2. The van der Waals surface area contributed by atoms with Gasteiger partial charge in [0.05, 0.1) is 11.8 Å². The zero-order valence-electron chi connectivity index (χ0n) is 11.9. The number of nitrogens with zero attached hydrogens (tertiary/aromatic N) is 3. The molecule has 2 atom stereocenters. The molecule has 20 heavy (non-hydrogen) atoms. The Labute approximate surface area is 123 Å². The summed E-state index contributed by atoms with van der Waals surface area (Å²) in [7, 11) is 1.68. The zero-order chi connectivity index (χ0) is 14.5. The number of Topliss-reactive ketones (excluding diaryl/α,β-unsaturated/α-hetero) is 1. The largest absolute Gasteiger partial charge is 0.380 e. The van der Waals surface area contributed by atoms with Gasteiger partial charge in [-0.15, -0.1) is 0 Å². The summed E-state index contributed by atoms with van der Waals surface area (Å²) in [5.74, 6) is 1.02. The number of carbonyl (C=O) groups excluding carboxylic acids is 1. The maximum Gasteiger partial charge on any atom is 0.224 e. The highest BCUT2D eigenvalue weighted by Gasteiger charge is 2.51. The molecule has 0 aromatic carbocycles. The number of fused-ring (bicyclic) bond motifs is 3. The number of hydrogen-bond donors (Lipinski definition) is 0. The van der Waals surface area contributed by atoms with Gasteiger partial charge in [0.2, 0.25) is 5.28 Å². The first-order valence-electron chi connectivity index (χ1n) is 6.88. The van der Waals surface area contributed by atoms with Gasteiger partial charge in [0.15, 0.2) is 5.78 Å². The zero-order valence-corrected chi connectivity index (χ0v) is 12.7. The predicted molar refractivity (Wildman–Crippen MR) is 76.3 cm³/mol. The first-order chi connectivity index (χ1) is 9.49. The van der Waals surface area contributed by atoms with E-state index in [0.717, 1.165) is 23.5 Å². The van der Waals surface area contributed by atoms with E-state index < -0.39 is 5.54 Å². The van der Waals surface area contributed by atoms with Crippen molar-refractivity contribution in [1.29, 1.82) is 0 Å². The minimum absolute atomic E-state index is 0.0497. The van der Waals surface area contributed by atoms with Gasteiger partial charge in [-0.2, -0.15) is 0 Å². The highest BCUT2D eigenvalue weighted by atomic mass is 35.5. The normalized spacial score (nSPS) is 28.5. The van der Waals surface area contributed by atoms with Crippen molar-refractivity contribution in [3.05, 3.63) is 16.5 Å². The number of methoxy groups -OCH3 is 1. The van der Waals surface area contributed by atoms with Crippen LogP contribution in [0.3, 0.4) is 0 Å². The second-order valence-electron chi connectivity index (χ2n) is 5.64. The van der Waals surface area contributed by atoms with Crippen molar-refractivity contribution in [2.24, 2.45) is 0 Å². The van der Waals surface area contributed by atoms with E-state index >= 15 is 0 Å².